The van der Waals surface area contributed by atoms with Crippen LogP contribution in [0.1, 0.15) is 28.2 Å². The second-order valence-corrected chi connectivity index (χ2v) is 6.49. The van der Waals surface area contributed by atoms with Gasteiger partial charge in [-0.15, -0.1) is 11.3 Å². The third-order valence-corrected chi connectivity index (χ3v) is 5.17. The number of rotatable bonds is 2. The Morgan fingerprint density at radius 3 is 2.64 bits per heavy atom. The summed E-state index contributed by atoms with van der Waals surface area (Å²) in [4.78, 5) is 19.8. The Balaban J connectivity index is 1.79. The first-order valence-corrected chi connectivity index (χ1v) is 8.22. The first kappa shape index (κ1) is 14.7. The molecule has 0 N–H and O–H groups in total. The van der Waals surface area contributed by atoms with Crippen LogP contribution < -0.4 is 0 Å². The fraction of sp³-hybridized carbons (Fsp3) is 0.353. The van der Waals surface area contributed by atoms with Crippen LogP contribution >= 0.6 is 11.3 Å². The van der Waals surface area contributed by atoms with Gasteiger partial charge in [0.05, 0.1) is 11.8 Å². The van der Waals surface area contributed by atoms with Crippen molar-refractivity contribution in [1.82, 2.24) is 9.88 Å². The number of hydrogen-bond acceptors (Lipinski definition) is 4. The van der Waals surface area contributed by atoms with Crippen molar-refractivity contribution >= 4 is 17.2 Å². The van der Waals surface area contributed by atoms with E-state index in [0.29, 0.717) is 18.0 Å². The van der Waals surface area contributed by atoms with Crippen molar-refractivity contribution in [3.8, 4) is 16.6 Å². The van der Waals surface area contributed by atoms with Crippen molar-refractivity contribution in [2.24, 2.45) is 5.92 Å². The maximum atomic E-state index is 12.7. The number of likely N-dealkylation sites (tertiary alicyclic amines) is 1. The Bertz CT molecular complexity index is 709. The highest BCUT2D eigenvalue weighted by molar-refractivity contribution is 7.17. The number of aromatic nitrogens is 1. The molecule has 1 saturated heterocycles. The quantitative estimate of drug-likeness (QED) is 0.853. The van der Waals surface area contributed by atoms with E-state index in [2.05, 4.69) is 11.1 Å². The minimum atomic E-state index is 0.0496. The van der Waals surface area contributed by atoms with Gasteiger partial charge in [-0.05, 0) is 19.8 Å². The Hall–Kier alpha value is -2.19. The molecule has 1 fully saturated rings. The van der Waals surface area contributed by atoms with E-state index >= 15 is 0 Å². The molecule has 3 rings (SSSR count). The van der Waals surface area contributed by atoms with Gasteiger partial charge >= 0.3 is 0 Å². The van der Waals surface area contributed by atoms with Crippen LogP contribution in [-0.4, -0.2) is 28.9 Å². The largest absolute Gasteiger partial charge is 0.338 e. The number of amides is 1. The summed E-state index contributed by atoms with van der Waals surface area (Å²) in [6.07, 6.45) is 1.54. The lowest BCUT2D eigenvalue weighted by molar-refractivity contribution is 0.0711. The van der Waals surface area contributed by atoms with E-state index in [1.807, 2.05) is 42.2 Å². The Morgan fingerprint density at radius 2 is 2.00 bits per heavy atom. The van der Waals surface area contributed by atoms with E-state index in [9.17, 15) is 4.79 Å². The third kappa shape index (κ3) is 2.88. The smallest absolute Gasteiger partial charge is 0.265 e. The number of nitrogens with zero attached hydrogens (tertiary/aromatic N) is 3. The van der Waals surface area contributed by atoms with Gasteiger partial charge in [-0.25, -0.2) is 4.98 Å². The van der Waals surface area contributed by atoms with Crippen molar-refractivity contribution in [1.29, 1.82) is 5.26 Å². The van der Waals surface area contributed by atoms with Crippen LogP contribution in [0.3, 0.4) is 0 Å². The van der Waals surface area contributed by atoms with Gasteiger partial charge in [-0.3, -0.25) is 4.79 Å². The molecule has 1 aromatic heterocycles. The maximum absolute atomic E-state index is 12.7. The highest BCUT2D eigenvalue weighted by atomic mass is 32.1. The lowest BCUT2D eigenvalue weighted by Gasteiger charge is -2.28. The first-order valence-electron chi connectivity index (χ1n) is 7.41. The van der Waals surface area contributed by atoms with Crippen LogP contribution in [0, 0.1) is 24.2 Å². The zero-order valence-electron chi connectivity index (χ0n) is 12.5. The molecule has 1 aliphatic rings. The summed E-state index contributed by atoms with van der Waals surface area (Å²) < 4.78 is 0. The second-order valence-electron chi connectivity index (χ2n) is 5.50. The molecule has 2 heterocycles. The number of thiazole rings is 1. The van der Waals surface area contributed by atoms with Gasteiger partial charge in [-0.2, -0.15) is 5.26 Å². The van der Waals surface area contributed by atoms with Crippen LogP contribution in [0.15, 0.2) is 30.3 Å². The maximum Gasteiger partial charge on any atom is 0.265 e. The molecular weight excluding hydrogens is 294 g/mol. The molecule has 5 heteroatoms. The zero-order chi connectivity index (χ0) is 15.5. The standard InChI is InChI=1S/C17H17N3OS/c1-12-15(17(21)20-9-7-13(11-18)8-10-20)22-16(19-12)14-5-3-2-4-6-14/h2-6,13H,7-10H2,1H3. The molecule has 0 aliphatic carbocycles. The molecule has 0 saturated carbocycles. The summed E-state index contributed by atoms with van der Waals surface area (Å²) in [6.45, 7) is 3.21. The number of carbonyl (C=O) groups excluding carboxylic acids is 1. The van der Waals surface area contributed by atoms with Gasteiger partial charge in [0.2, 0.25) is 0 Å². The molecular formula is C17H17N3OS. The van der Waals surface area contributed by atoms with Crippen LogP contribution in [0.5, 0.6) is 0 Å². The topological polar surface area (TPSA) is 57.0 Å². The van der Waals surface area contributed by atoms with Crippen LogP contribution in [0.2, 0.25) is 0 Å². The number of piperidine rings is 1. The number of benzene rings is 1. The predicted molar refractivity (Wildman–Crippen MR) is 86.5 cm³/mol. The predicted octanol–water partition coefficient (Wildman–Crippen LogP) is 3.49. The Kier molecular flexibility index (Phi) is 4.21. The lowest BCUT2D eigenvalue weighted by Crippen LogP contribution is -2.38. The van der Waals surface area contributed by atoms with Gasteiger partial charge in [-0.1, -0.05) is 30.3 Å². The summed E-state index contributed by atoms with van der Waals surface area (Å²) in [5.41, 5.74) is 1.83. The molecule has 4 nitrogen and oxygen atoms in total. The average Bonchev–Trinajstić information content (AvgIpc) is 2.97. The van der Waals surface area contributed by atoms with Gasteiger partial charge < -0.3 is 4.90 Å². The molecule has 0 atom stereocenters. The van der Waals surface area contributed by atoms with Gasteiger partial charge in [0.25, 0.3) is 5.91 Å². The third-order valence-electron chi connectivity index (χ3n) is 3.98. The molecule has 0 bridgehead atoms. The number of aryl methyl sites for hydroxylation is 1. The Labute approximate surface area is 134 Å². The fourth-order valence-electron chi connectivity index (χ4n) is 2.65. The van der Waals surface area contributed by atoms with Crippen molar-refractivity contribution in [3.05, 3.63) is 40.9 Å². The minimum Gasteiger partial charge on any atom is -0.338 e. The van der Waals surface area contributed by atoms with Crippen LogP contribution in [0.25, 0.3) is 10.6 Å². The number of carbonyl (C=O) groups is 1. The van der Waals surface area contributed by atoms with Crippen molar-refractivity contribution in [3.63, 3.8) is 0 Å². The molecule has 1 aliphatic heterocycles. The summed E-state index contributed by atoms with van der Waals surface area (Å²) in [5.74, 6) is 0.139. The van der Waals surface area contributed by atoms with E-state index in [4.69, 9.17) is 5.26 Å². The number of hydrogen-bond donors (Lipinski definition) is 0. The molecule has 112 valence electrons. The highest BCUT2D eigenvalue weighted by Gasteiger charge is 2.26. The molecule has 22 heavy (non-hydrogen) atoms. The average molecular weight is 311 g/mol. The van der Waals surface area contributed by atoms with E-state index in [1.165, 1.54) is 11.3 Å². The van der Waals surface area contributed by atoms with E-state index in [1.54, 1.807) is 0 Å². The van der Waals surface area contributed by atoms with Gasteiger partial charge in [0.15, 0.2) is 0 Å². The van der Waals surface area contributed by atoms with Crippen molar-refractivity contribution in [2.75, 3.05) is 13.1 Å². The highest BCUT2D eigenvalue weighted by Crippen LogP contribution is 2.29. The second kappa shape index (κ2) is 6.29. The minimum absolute atomic E-state index is 0.0496. The number of nitriles is 1. The molecule has 0 spiro atoms. The summed E-state index contributed by atoms with van der Waals surface area (Å²) in [6, 6.07) is 12.2. The monoisotopic (exact) mass is 311 g/mol. The fourth-order valence-corrected chi connectivity index (χ4v) is 3.69. The van der Waals surface area contributed by atoms with E-state index in [-0.39, 0.29) is 11.8 Å². The SMILES string of the molecule is Cc1nc(-c2ccccc2)sc1C(=O)N1CCC(C#N)CC1. The van der Waals surface area contributed by atoms with E-state index in [0.717, 1.165) is 29.1 Å². The summed E-state index contributed by atoms with van der Waals surface area (Å²) in [5, 5.41) is 9.83. The van der Waals surface area contributed by atoms with Crippen molar-refractivity contribution < 1.29 is 4.79 Å². The Morgan fingerprint density at radius 1 is 1.32 bits per heavy atom. The van der Waals surface area contributed by atoms with Gasteiger partial charge in [0.1, 0.15) is 9.88 Å². The molecule has 2 aromatic rings. The van der Waals surface area contributed by atoms with Gasteiger partial charge in [0, 0.05) is 24.6 Å². The van der Waals surface area contributed by atoms with Crippen molar-refractivity contribution in [2.45, 2.75) is 19.8 Å². The summed E-state index contributed by atoms with van der Waals surface area (Å²) in [7, 11) is 0. The molecule has 1 aromatic carbocycles. The first-order chi connectivity index (χ1) is 10.7. The molecule has 0 radical (unpaired) electrons. The summed E-state index contributed by atoms with van der Waals surface area (Å²) >= 11 is 1.45. The zero-order valence-corrected chi connectivity index (χ0v) is 13.3. The lowest BCUT2D eigenvalue weighted by atomic mass is 9.98. The van der Waals surface area contributed by atoms with E-state index < -0.39 is 0 Å². The molecule has 0 unspecified atom stereocenters. The van der Waals surface area contributed by atoms with Crippen LogP contribution in [-0.2, 0) is 0 Å². The normalized spacial score (nSPS) is 15.5. The molecule has 1 amide bonds. The van der Waals surface area contributed by atoms with Crippen LogP contribution in [0.4, 0.5) is 0 Å².